The molecule has 9 nitrogen and oxygen atoms in total. The van der Waals surface area contributed by atoms with E-state index in [9.17, 15) is 0 Å². The van der Waals surface area contributed by atoms with Crippen molar-refractivity contribution in [2.24, 2.45) is 0 Å². The molecule has 0 aromatic carbocycles. The van der Waals surface area contributed by atoms with Gasteiger partial charge in [0.2, 0.25) is 0 Å². The first-order valence-electron chi connectivity index (χ1n) is 10.2. The van der Waals surface area contributed by atoms with Gasteiger partial charge in [-0.1, -0.05) is 0 Å². The lowest BCUT2D eigenvalue weighted by Gasteiger charge is -2.40. The van der Waals surface area contributed by atoms with Crippen LogP contribution in [0.1, 0.15) is 37.1 Å². The highest BCUT2D eigenvalue weighted by Gasteiger charge is 2.36. The van der Waals surface area contributed by atoms with Gasteiger partial charge in [-0.15, -0.1) is 0 Å². The molecule has 0 bridgehead atoms. The Balaban J connectivity index is 1.36. The summed E-state index contributed by atoms with van der Waals surface area (Å²) in [5, 5.41) is 4.38. The third-order valence-electron chi connectivity index (χ3n) is 5.75. The molecule has 0 amide bonds. The molecule has 4 heterocycles. The van der Waals surface area contributed by atoms with E-state index in [1.165, 1.54) is 12.8 Å². The summed E-state index contributed by atoms with van der Waals surface area (Å²) in [4.78, 5) is 22.6. The zero-order valence-corrected chi connectivity index (χ0v) is 16.9. The van der Waals surface area contributed by atoms with Crippen LogP contribution in [-0.4, -0.2) is 61.8 Å². The minimum Gasteiger partial charge on any atom is -0.378 e. The zero-order valence-electron chi connectivity index (χ0n) is 16.9. The predicted octanol–water partition coefficient (Wildman–Crippen LogP) is 2.01. The molecule has 2 aliphatic rings. The van der Waals surface area contributed by atoms with Crippen molar-refractivity contribution in [1.29, 1.82) is 0 Å². The Morgan fingerprint density at radius 3 is 2.55 bits per heavy atom. The number of nitrogens with zero attached hydrogens (tertiary/aromatic N) is 8. The highest BCUT2D eigenvalue weighted by Crippen LogP contribution is 2.36. The highest BCUT2D eigenvalue weighted by atomic mass is 16.5. The fourth-order valence-electron chi connectivity index (χ4n) is 4.27. The van der Waals surface area contributed by atoms with Gasteiger partial charge in [0.1, 0.15) is 24.3 Å². The molecule has 0 spiro atoms. The Morgan fingerprint density at radius 1 is 1.03 bits per heavy atom. The summed E-state index contributed by atoms with van der Waals surface area (Å²) < 4.78 is 7.10. The zero-order chi connectivity index (χ0) is 19.8. The van der Waals surface area contributed by atoms with Gasteiger partial charge in [-0.05, 0) is 32.6 Å². The summed E-state index contributed by atoms with van der Waals surface area (Å²) in [6, 6.07) is 5.30. The maximum Gasteiger partial charge on any atom is 0.254 e. The molecule has 3 aromatic heterocycles. The molecule has 0 N–H and O–H groups in total. The number of fused-ring (bicyclic) bond motifs is 1. The first-order chi connectivity index (χ1) is 14.2. The smallest absolute Gasteiger partial charge is 0.254 e. The SMILES string of the molecule is COCc1cc(N2CCC(N(c3cc(C)ncn3)C3CC3)CC2)n2ncnc2n1. The third-order valence-corrected chi connectivity index (χ3v) is 5.75. The van der Waals surface area contributed by atoms with Gasteiger partial charge in [0, 0.05) is 50.1 Å². The number of anilines is 2. The van der Waals surface area contributed by atoms with E-state index in [2.05, 4.69) is 47.0 Å². The topological polar surface area (TPSA) is 84.6 Å². The summed E-state index contributed by atoms with van der Waals surface area (Å²) in [5.41, 5.74) is 1.90. The summed E-state index contributed by atoms with van der Waals surface area (Å²) in [5.74, 6) is 2.73. The molecule has 1 aliphatic heterocycles. The molecule has 0 atom stereocenters. The minimum absolute atomic E-state index is 0.468. The van der Waals surface area contributed by atoms with Crippen molar-refractivity contribution in [3.8, 4) is 0 Å². The lowest BCUT2D eigenvalue weighted by Crippen LogP contribution is -2.47. The Labute approximate surface area is 169 Å². The number of methoxy groups -OCH3 is 1. The molecule has 1 aliphatic carbocycles. The van der Waals surface area contributed by atoms with Gasteiger partial charge < -0.3 is 14.5 Å². The van der Waals surface area contributed by atoms with Crippen molar-refractivity contribution < 1.29 is 4.74 Å². The molecule has 152 valence electrons. The van der Waals surface area contributed by atoms with E-state index < -0.39 is 0 Å². The van der Waals surface area contributed by atoms with Crippen molar-refractivity contribution >= 4 is 17.4 Å². The lowest BCUT2D eigenvalue weighted by atomic mass is 10.0. The van der Waals surface area contributed by atoms with E-state index in [4.69, 9.17) is 4.74 Å². The maximum absolute atomic E-state index is 5.28. The van der Waals surface area contributed by atoms with Crippen LogP contribution in [0.3, 0.4) is 0 Å². The number of aryl methyl sites for hydroxylation is 1. The number of hydrogen-bond donors (Lipinski definition) is 0. The second kappa shape index (κ2) is 7.55. The van der Waals surface area contributed by atoms with Crippen LogP contribution in [0, 0.1) is 6.92 Å². The molecule has 0 unspecified atom stereocenters. The molecule has 0 radical (unpaired) electrons. The summed E-state index contributed by atoms with van der Waals surface area (Å²) >= 11 is 0. The monoisotopic (exact) mass is 394 g/mol. The number of ether oxygens (including phenoxy) is 1. The van der Waals surface area contributed by atoms with Gasteiger partial charge >= 0.3 is 0 Å². The van der Waals surface area contributed by atoms with E-state index in [0.717, 1.165) is 49.0 Å². The molecular weight excluding hydrogens is 368 g/mol. The van der Waals surface area contributed by atoms with E-state index in [1.54, 1.807) is 19.8 Å². The quantitative estimate of drug-likeness (QED) is 0.628. The first-order valence-corrected chi connectivity index (χ1v) is 10.2. The van der Waals surface area contributed by atoms with Crippen molar-refractivity contribution in [2.45, 2.75) is 51.3 Å². The number of piperidine rings is 1. The van der Waals surface area contributed by atoms with Crippen LogP contribution in [0.25, 0.3) is 5.78 Å². The number of hydrogen-bond acceptors (Lipinski definition) is 8. The van der Waals surface area contributed by atoms with Crippen LogP contribution >= 0.6 is 0 Å². The molecule has 3 aromatic rings. The molecular formula is C20H26N8O. The van der Waals surface area contributed by atoms with Crippen LogP contribution in [0.5, 0.6) is 0 Å². The third kappa shape index (κ3) is 3.62. The molecule has 9 heteroatoms. The Hall–Kier alpha value is -2.81. The van der Waals surface area contributed by atoms with Crippen LogP contribution in [-0.2, 0) is 11.3 Å². The van der Waals surface area contributed by atoms with Gasteiger partial charge in [0.05, 0.1) is 12.3 Å². The largest absolute Gasteiger partial charge is 0.378 e. The van der Waals surface area contributed by atoms with Crippen LogP contribution in [0.15, 0.2) is 24.8 Å². The predicted molar refractivity (Wildman–Crippen MR) is 109 cm³/mol. The van der Waals surface area contributed by atoms with Crippen molar-refractivity contribution in [2.75, 3.05) is 30.0 Å². The Morgan fingerprint density at radius 2 is 1.83 bits per heavy atom. The summed E-state index contributed by atoms with van der Waals surface area (Å²) in [7, 11) is 1.68. The van der Waals surface area contributed by atoms with Crippen LogP contribution in [0.4, 0.5) is 11.6 Å². The average molecular weight is 394 g/mol. The average Bonchev–Trinajstić information content (AvgIpc) is 3.44. The Bertz CT molecular complexity index is 993. The minimum atomic E-state index is 0.468. The van der Waals surface area contributed by atoms with Gasteiger partial charge in [0.15, 0.2) is 0 Å². The van der Waals surface area contributed by atoms with E-state index in [1.807, 2.05) is 11.4 Å². The highest BCUT2D eigenvalue weighted by molar-refractivity contribution is 5.49. The molecule has 5 rings (SSSR count). The normalized spacial score (nSPS) is 17.8. The molecule has 1 saturated carbocycles. The Kier molecular flexibility index (Phi) is 4.75. The van der Waals surface area contributed by atoms with Crippen LogP contribution in [0.2, 0.25) is 0 Å². The fourth-order valence-corrected chi connectivity index (χ4v) is 4.27. The first kappa shape index (κ1) is 18.2. The molecule has 2 fully saturated rings. The van der Waals surface area contributed by atoms with Crippen molar-refractivity contribution in [1.82, 2.24) is 29.5 Å². The van der Waals surface area contributed by atoms with Crippen molar-refractivity contribution in [3.05, 3.63) is 36.2 Å². The summed E-state index contributed by atoms with van der Waals surface area (Å²) in [6.07, 6.45) is 7.92. The maximum atomic E-state index is 5.28. The molecule has 1 saturated heterocycles. The van der Waals surface area contributed by atoms with E-state index >= 15 is 0 Å². The van der Waals surface area contributed by atoms with E-state index in [-0.39, 0.29) is 0 Å². The van der Waals surface area contributed by atoms with Gasteiger partial charge in [-0.3, -0.25) is 0 Å². The number of rotatable bonds is 6. The van der Waals surface area contributed by atoms with Gasteiger partial charge in [0.25, 0.3) is 5.78 Å². The number of aromatic nitrogens is 6. The van der Waals surface area contributed by atoms with E-state index in [0.29, 0.717) is 24.5 Å². The second-order valence-corrected chi connectivity index (χ2v) is 7.88. The lowest BCUT2D eigenvalue weighted by molar-refractivity contribution is 0.181. The van der Waals surface area contributed by atoms with Crippen LogP contribution < -0.4 is 9.80 Å². The summed E-state index contributed by atoms with van der Waals surface area (Å²) in [6.45, 7) is 4.42. The second-order valence-electron chi connectivity index (χ2n) is 7.88. The molecule has 29 heavy (non-hydrogen) atoms. The van der Waals surface area contributed by atoms with Gasteiger partial charge in [-0.2, -0.15) is 14.6 Å². The van der Waals surface area contributed by atoms with Gasteiger partial charge in [-0.25, -0.2) is 15.0 Å². The fraction of sp³-hybridized carbons (Fsp3) is 0.550. The van der Waals surface area contributed by atoms with Crippen molar-refractivity contribution in [3.63, 3.8) is 0 Å². The standard InChI is InChI=1S/C20H26N8O/c1-14-9-18(22-12-21-14)27(16-3-4-16)17-5-7-26(8-6-17)19-10-15(11-29-2)25-20-23-13-24-28(19)20/h9-10,12-13,16-17H,3-8,11H2,1-2H3.